The Bertz CT molecular complexity index is 1000. The second-order valence-corrected chi connectivity index (χ2v) is 8.69. The molecule has 1 atom stereocenters. The third-order valence-electron chi connectivity index (χ3n) is 6.54. The number of carbonyl (C=O) groups excluding carboxylic acids is 4. The standard InChI is InChI=1S/C22H24FN3O6/c23-15-8-13-14(22(32)26(21(13)31)17-5-6-18(27)25-20(17)30)9-16(15)24-10-12-3-1-11(2-4-12)7-19(28)29/h8-9,11-12,17,24H,1-7,10H2,(H,28,29)(H,25,27,30). The SMILES string of the molecule is O=C(O)CC1CCC(CNc2cc3c(cc2F)C(=O)N(C2CCC(=O)NC2=O)C3=O)CC1. The molecule has 4 amide bonds. The van der Waals surface area contributed by atoms with Crippen LogP contribution in [0.4, 0.5) is 10.1 Å². The van der Waals surface area contributed by atoms with E-state index in [4.69, 9.17) is 5.11 Å². The van der Waals surface area contributed by atoms with Crippen molar-refractivity contribution in [3.63, 3.8) is 0 Å². The molecule has 170 valence electrons. The Labute approximate surface area is 183 Å². The quantitative estimate of drug-likeness (QED) is 0.570. The van der Waals surface area contributed by atoms with E-state index in [9.17, 15) is 28.4 Å². The summed E-state index contributed by atoms with van der Waals surface area (Å²) in [6.07, 6.45) is 3.49. The third-order valence-corrected chi connectivity index (χ3v) is 6.54. The van der Waals surface area contributed by atoms with Gasteiger partial charge in [-0.25, -0.2) is 4.39 Å². The first-order valence-electron chi connectivity index (χ1n) is 10.8. The fourth-order valence-electron chi connectivity index (χ4n) is 4.77. The second kappa shape index (κ2) is 8.68. The van der Waals surface area contributed by atoms with Gasteiger partial charge in [-0.15, -0.1) is 0 Å². The van der Waals surface area contributed by atoms with E-state index in [1.54, 1.807) is 0 Å². The predicted octanol–water partition coefficient (Wildman–Crippen LogP) is 1.92. The molecule has 2 heterocycles. The molecule has 3 aliphatic rings. The van der Waals surface area contributed by atoms with Crippen molar-refractivity contribution < 1.29 is 33.5 Å². The number of benzene rings is 1. The first-order chi connectivity index (χ1) is 15.2. The summed E-state index contributed by atoms with van der Waals surface area (Å²) in [7, 11) is 0. The highest BCUT2D eigenvalue weighted by Gasteiger charge is 2.45. The molecule has 3 N–H and O–H groups in total. The summed E-state index contributed by atoms with van der Waals surface area (Å²) in [5.74, 6) is -3.65. The largest absolute Gasteiger partial charge is 0.481 e. The molecular formula is C22H24FN3O6. The van der Waals surface area contributed by atoms with Gasteiger partial charge in [0.1, 0.15) is 11.9 Å². The number of hydrogen-bond acceptors (Lipinski definition) is 6. The van der Waals surface area contributed by atoms with Crippen LogP contribution in [0.2, 0.25) is 0 Å². The van der Waals surface area contributed by atoms with Gasteiger partial charge >= 0.3 is 5.97 Å². The zero-order valence-electron chi connectivity index (χ0n) is 17.4. The van der Waals surface area contributed by atoms with Crippen molar-refractivity contribution in [2.75, 3.05) is 11.9 Å². The number of fused-ring (bicyclic) bond motifs is 1. The second-order valence-electron chi connectivity index (χ2n) is 8.69. The number of carbonyl (C=O) groups is 5. The van der Waals surface area contributed by atoms with Gasteiger partial charge in [0.15, 0.2) is 0 Å². The van der Waals surface area contributed by atoms with Crippen LogP contribution >= 0.6 is 0 Å². The molecule has 1 aromatic carbocycles. The van der Waals surface area contributed by atoms with E-state index >= 15 is 0 Å². The Kier molecular flexibility index (Phi) is 5.94. The third kappa shape index (κ3) is 4.21. The number of carboxylic acid groups (broad SMARTS) is 1. The van der Waals surface area contributed by atoms with Crippen LogP contribution < -0.4 is 10.6 Å². The predicted molar refractivity (Wildman–Crippen MR) is 109 cm³/mol. The lowest BCUT2D eigenvalue weighted by Gasteiger charge is -2.28. The van der Waals surface area contributed by atoms with E-state index < -0.39 is 41.5 Å². The van der Waals surface area contributed by atoms with Gasteiger partial charge in [-0.1, -0.05) is 0 Å². The average Bonchev–Trinajstić information content (AvgIpc) is 2.97. The van der Waals surface area contributed by atoms with Crippen LogP contribution in [-0.2, 0) is 14.4 Å². The molecule has 2 aliphatic heterocycles. The zero-order chi connectivity index (χ0) is 23.0. The molecule has 1 aliphatic carbocycles. The fourth-order valence-corrected chi connectivity index (χ4v) is 4.77. The zero-order valence-corrected chi connectivity index (χ0v) is 17.4. The molecule has 4 rings (SSSR count). The number of amides is 4. The summed E-state index contributed by atoms with van der Waals surface area (Å²) >= 11 is 0. The number of piperidine rings is 1. The minimum Gasteiger partial charge on any atom is -0.481 e. The number of carboxylic acids is 1. The van der Waals surface area contributed by atoms with Crippen LogP contribution in [0.3, 0.4) is 0 Å². The summed E-state index contributed by atoms with van der Waals surface area (Å²) in [4.78, 5) is 60.7. The van der Waals surface area contributed by atoms with Crippen LogP contribution in [0, 0.1) is 17.7 Å². The van der Waals surface area contributed by atoms with Gasteiger partial charge in [0.25, 0.3) is 11.8 Å². The molecule has 2 fully saturated rings. The molecule has 1 saturated carbocycles. The normalized spacial score (nSPS) is 25.5. The minimum atomic E-state index is -1.10. The summed E-state index contributed by atoms with van der Waals surface area (Å²) in [6, 6.07) is 1.21. The number of imide groups is 2. The van der Waals surface area contributed by atoms with Crippen LogP contribution in [-0.4, -0.2) is 52.2 Å². The molecule has 10 heteroatoms. The highest BCUT2D eigenvalue weighted by molar-refractivity contribution is 6.23. The van der Waals surface area contributed by atoms with Crippen molar-refractivity contribution in [3.8, 4) is 0 Å². The van der Waals surface area contributed by atoms with Crippen LogP contribution in [0.25, 0.3) is 0 Å². The van der Waals surface area contributed by atoms with E-state index in [-0.39, 0.29) is 47.9 Å². The maximum Gasteiger partial charge on any atom is 0.303 e. The lowest BCUT2D eigenvalue weighted by Crippen LogP contribution is -2.54. The molecule has 1 aromatic rings. The van der Waals surface area contributed by atoms with E-state index in [0.29, 0.717) is 6.54 Å². The highest BCUT2D eigenvalue weighted by atomic mass is 19.1. The fraction of sp³-hybridized carbons (Fsp3) is 0.500. The summed E-state index contributed by atoms with van der Waals surface area (Å²) in [5, 5.41) is 14.1. The molecule has 32 heavy (non-hydrogen) atoms. The molecule has 0 aromatic heterocycles. The maximum atomic E-state index is 14.7. The van der Waals surface area contributed by atoms with E-state index in [1.807, 2.05) is 0 Å². The van der Waals surface area contributed by atoms with Gasteiger partial charge in [0, 0.05) is 19.4 Å². The smallest absolute Gasteiger partial charge is 0.303 e. The summed E-state index contributed by atoms with van der Waals surface area (Å²) in [5.41, 5.74) is 0.0216. The lowest BCUT2D eigenvalue weighted by molar-refractivity contribution is -0.139. The molecule has 1 unspecified atom stereocenters. The van der Waals surface area contributed by atoms with E-state index in [1.165, 1.54) is 6.07 Å². The van der Waals surface area contributed by atoms with Crippen molar-refractivity contribution in [2.24, 2.45) is 11.8 Å². The first-order valence-corrected chi connectivity index (χ1v) is 10.8. The van der Waals surface area contributed by atoms with E-state index in [2.05, 4.69) is 10.6 Å². The summed E-state index contributed by atoms with van der Waals surface area (Å²) in [6.45, 7) is 0.467. The molecule has 0 bridgehead atoms. The van der Waals surface area contributed by atoms with Crippen molar-refractivity contribution in [3.05, 3.63) is 29.1 Å². The molecule has 1 saturated heterocycles. The van der Waals surface area contributed by atoms with Crippen LogP contribution in [0.1, 0.15) is 65.7 Å². The monoisotopic (exact) mass is 445 g/mol. The maximum absolute atomic E-state index is 14.7. The molecule has 0 radical (unpaired) electrons. The number of nitrogens with one attached hydrogen (secondary N) is 2. The first kappa shape index (κ1) is 21.9. The highest BCUT2D eigenvalue weighted by Crippen LogP contribution is 2.33. The number of halogens is 1. The minimum absolute atomic E-state index is 0.0136. The number of hydrogen-bond donors (Lipinski definition) is 3. The van der Waals surface area contributed by atoms with Crippen LogP contribution in [0.5, 0.6) is 0 Å². The van der Waals surface area contributed by atoms with Gasteiger partial charge in [-0.2, -0.15) is 0 Å². The molecule has 9 nitrogen and oxygen atoms in total. The van der Waals surface area contributed by atoms with Gasteiger partial charge in [-0.3, -0.25) is 34.2 Å². The van der Waals surface area contributed by atoms with Crippen LogP contribution in [0.15, 0.2) is 12.1 Å². The Morgan fingerprint density at radius 1 is 1.03 bits per heavy atom. The van der Waals surface area contributed by atoms with Gasteiger partial charge in [-0.05, 0) is 56.1 Å². The van der Waals surface area contributed by atoms with Crippen molar-refractivity contribution >= 4 is 35.3 Å². The average molecular weight is 445 g/mol. The van der Waals surface area contributed by atoms with Crippen molar-refractivity contribution in [1.82, 2.24) is 10.2 Å². The Morgan fingerprint density at radius 3 is 2.28 bits per heavy atom. The number of anilines is 1. The number of aliphatic carboxylic acids is 1. The van der Waals surface area contributed by atoms with Crippen molar-refractivity contribution in [1.29, 1.82) is 0 Å². The van der Waals surface area contributed by atoms with Crippen molar-refractivity contribution in [2.45, 2.75) is 51.0 Å². The van der Waals surface area contributed by atoms with E-state index in [0.717, 1.165) is 36.6 Å². The molecular weight excluding hydrogens is 421 g/mol. The van der Waals surface area contributed by atoms with Gasteiger partial charge < -0.3 is 10.4 Å². The van der Waals surface area contributed by atoms with Gasteiger partial charge in [0.2, 0.25) is 11.8 Å². The number of rotatable bonds is 6. The molecule has 0 spiro atoms. The Balaban J connectivity index is 1.43. The topological polar surface area (TPSA) is 133 Å². The Hall–Kier alpha value is -3.30. The number of nitrogens with zero attached hydrogens (tertiary/aromatic N) is 1. The Morgan fingerprint density at radius 2 is 1.66 bits per heavy atom. The van der Waals surface area contributed by atoms with Gasteiger partial charge in [0.05, 0.1) is 16.8 Å². The summed E-state index contributed by atoms with van der Waals surface area (Å²) < 4.78 is 14.7. The lowest BCUT2D eigenvalue weighted by atomic mass is 9.80.